The van der Waals surface area contributed by atoms with Crippen molar-refractivity contribution >= 4 is 17.4 Å². The molecule has 0 aliphatic rings. The van der Waals surface area contributed by atoms with Crippen molar-refractivity contribution in [1.29, 1.82) is 0 Å². The third-order valence-corrected chi connectivity index (χ3v) is 4.25. The highest BCUT2D eigenvalue weighted by atomic mass is 16.1. The first-order valence-electron chi connectivity index (χ1n) is 8.53. The molecule has 0 aliphatic carbocycles. The maximum Gasteiger partial charge on any atom is 0.272 e. The number of nitrogens with one attached hydrogen (secondary N) is 2. The number of amides is 1. The van der Waals surface area contributed by atoms with Crippen LogP contribution in [0.2, 0.25) is 0 Å². The first-order chi connectivity index (χ1) is 12.5. The summed E-state index contributed by atoms with van der Waals surface area (Å²) in [6, 6.07) is 17.6. The minimum Gasteiger partial charge on any atom is -0.347 e. The van der Waals surface area contributed by atoms with Gasteiger partial charge in [-0.05, 0) is 61.7 Å². The number of benzene rings is 2. The van der Waals surface area contributed by atoms with E-state index in [1.54, 1.807) is 12.1 Å². The Morgan fingerprint density at radius 3 is 2.31 bits per heavy atom. The topological polar surface area (TPSA) is 66.9 Å². The van der Waals surface area contributed by atoms with Gasteiger partial charge in [0.15, 0.2) is 11.5 Å². The Bertz CT molecular complexity index is 902. The van der Waals surface area contributed by atoms with E-state index in [2.05, 4.69) is 46.8 Å². The van der Waals surface area contributed by atoms with Gasteiger partial charge in [-0.3, -0.25) is 4.79 Å². The SMILES string of the molecule is Cc1ccc(CNC(=O)c2ccc(Nc3ccc(C)c(C)c3)nn2)cc1. The molecular formula is C21H22N4O. The van der Waals surface area contributed by atoms with Crippen molar-refractivity contribution in [3.8, 4) is 0 Å². The van der Waals surface area contributed by atoms with Gasteiger partial charge < -0.3 is 10.6 Å². The number of aryl methyl sites for hydroxylation is 3. The third kappa shape index (κ3) is 4.45. The van der Waals surface area contributed by atoms with Crippen molar-refractivity contribution in [2.45, 2.75) is 27.3 Å². The summed E-state index contributed by atoms with van der Waals surface area (Å²) < 4.78 is 0. The first-order valence-corrected chi connectivity index (χ1v) is 8.53. The highest BCUT2D eigenvalue weighted by Gasteiger charge is 2.08. The Kier molecular flexibility index (Phi) is 5.27. The molecular weight excluding hydrogens is 324 g/mol. The van der Waals surface area contributed by atoms with Crippen LogP contribution in [-0.2, 0) is 6.54 Å². The van der Waals surface area contributed by atoms with Crippen LogP contribution in [0, 0.1) is 20.8 Å². The zero-order valence-electron chi connectivity index (χ0n) is 15.2. The summed E-state index contributed by atoms with van der Waals surface area (Å²) in [6.07, 6.45) is 0. The van der Waals surface area contributed by atoms with Crippen LogP contribution < -0.4 is 10.6 Å². The number of carbonyl (C=O) groups is 1. The van der Waals surface area contributed by atoms with Crippen LogP contribution in [0.4, 0.5) is 11.5 Å². The summed E-state index contributed by atoms with van der Waals surface area (Å²) in [4.78, 5) is 12.2. The average molecular weight is 346 g/mol. The van der Waals surface area contributed by atoms with Crippen LogP contribution in [0.3, 0.4) is 0 Å². The maximum atomic E-state index is 12.2. The molecule has 1 amide bonds. The van der Waals surface area contributed by atoms with Crippen LogP contribution >= 0.6 is 0 Å². The lowest BCUT2D eigenvalue weighted by Crippen LogP contribution is -2.24. The molecule has 0 radical (unpaired) electrons. The van der Waals surface area contributed by atoms with Gasteiger partial charge in [0.1, 0.15) is 0 Å². The number of carbonyl (C=O) groups excluding carboxylic acids is 1. The largest absolute Gasteiger partial charge is 0.347 e. The lowest BCUT2D eigenvalue weighted by atomic mass is 10.1. The molecule has 0 aliphatic heterocycles. The summed E-state index contributed by atoms with van der Waals surface area (Å²) in [5.41, 5.74) is 5.92. The van der Waals surface area contributed by atoms with E-state index >= 15 is 0 Å². The lowest BCUT2D eigenvalue weighted by Gasteiger charge is -2.08. The van der Waals surface area contributed by atoms with E-state index in [9.17, 15) is 4.79 Å². The van der Waals surface area contributed by atoms with Gasteiger partial charge in [-0.15, -0.1) is 10.2 Å². The molecule has 0 saturated carbocycles. The minimum absolute atomic E-state index is 0.240. The smallest absolute Gasteiger partial charge is 0.272 e. The molecule has 0 fully saturated rings. The molecule has 132 valence electrons. The number of rotatable bonds is 5. The summed E-state index contributed by atoms with van der Waals surface area (Å²) in [6.45, 7) is 6.63. The van der Waals surface area contributed by atoms with Crippen LogP contribution in [0.5, 0.6) is 0 Å². The summed E-state index contributed by atoms with van der Waals surface area (Å²) in [5.74, 6) is 0.360. The zero-order valence-corrected chi connectivity index (χ0v) is 15.2. The second kappa shape index (κ2) is 7.78. The Balaban J connectivity index is 1.60. The van der Waals surface area contributed by atoms with Crippen molar-refractivity contribution in [2.75, 3.05) is 5.32 Å². The van der Waals surface area contributed by atoms with Crippen molar-refractivity contribution in [3.05, 3.63) is 82.5 Å². The van der Waals surface area contributed by atoms with E-state index in [-0.39, 0.29) is 5.91 Å². The van der Waals surface area contributed by atoms with Crippen molar-refractivity contribution < 1.29 is 4.79 Å². The van der Waals surface area contributed by atoms with E-state index in [0.29, 0.717) is 18.1 Å². The first kappa shape index (κ1) is 17.6. The fourth-order valence-corrected chi connectivity index (χ4v) is 2.47. The molecule has 0 bridgehead atoms. The normalized spacial score (nSPS) is 10.4. The predicted octanol–water partition coefficient (Wildman–Crippen LogP) is 4.08. The monoisotopic (exact) mass is 346 g/mol. The molecule has 3 aromatic rings. The van der Waals surface area contributed by atoms with Gasteiger partial charge in [0.2, 0.25) is 0 Å². The fourth-order valence-electron chi connectivity index (χ4n) is 2.47. The van der Waals surface area contributed by atoms with E-state index in [0.717, 1.165) is 11.3 Å². The van der Waals surface area contributed by atoms with Gasteiger partial charge in [-0.25, -0.2) is 0 Å². The molecule has 26 heavy (non-hydrogen) atoms. The Hall–Kier alpha value is -3.21. The van der Waals surface area contributed by atoms with Crippen molar-refractivity contribution in [2.24, 2.45) is 0 Å². The molecule has 0 atom stereocenters. The Morgan fingerprint density at radius 2 is 1.65 bits per heavy atom. The van der Waals surface area contributed by atoms with Crippen LogP contribution in [0.1, 0.15) is 32.7 Å². The molecule has 2 N–H and O–H groups in total. The molecule has 0 saturated heterocycles. The second-order valence-corrected chi connectivity index (χ2v) is 6.40. The van der Waals surface area contributed by atoms with Crippen molar-refractivity contribution in [1.82, 2.24) is 15.5 Å². The number of anilines is 2. The Morgan fingerprint density at radius 1 is 0.885 bits per heavy atom. The quantitative estimate of drug-likeness (QED) is 0.731. The number of nitrogens with zero attached hydrogens (tertiary/aromatic N) is 2. The van der Waals surface area contributed by atoms with Crippen LogP contribution in [-0.4, -0.2) is 16.1 Å². The third-order valence-electron chi connectivity index (χ3n) is 4.25. The molecule has 5 heteroatoms. The summed E-state index contributed by atoms with van der Waals surface area (Å²) >= 11 is 0. The second-order valence-electron chi connectivity index (χ2n) is 6.40. The zero-order chi connectivity index (χ0) is 18.5. The molecule has 1 aromatic heterocycles. The van der Waals surface area contributed by atoms with Gasteiger partial charge in [-0.1, -0.05) is 35.9 Å². The van der Waals surface area contributed by atoms with E-state index < -0.39 is 0 Å². The highest BCUT2D eigenvalue weighted by Crippen LogP contribution is 2.17. The predicted molar refractivity (Wildman–Crippen MR) is 104 cm³/mol. The number of hydrogen-bond acceptors (Lipinski definition) is 4. The summed E-state index contributed by atoms with van der Waals surface area (Å²) in [7, 11) is 0. The Labute approximate surface area is 153 Å². The summed E-state index contributed by atoms with van der Waals surface area (Å²) in [5, 5.41) is 14.2. The van der Waals surface area contributed by atoms with Crippen LogP contribution in [0.15, 0.2) is 54.6 Å². The molecule has 2 aromatic carbocycles. The van der Waals surface area contributed by atoms with Gasteiger partial charge in [-0.2, -0.15) is 0 Å². The minimum atomic E-state index is -0.240. The maximum absolute atomic E-state index is 12.2. The highest BCUT2D eigenvalue weighted by molar-refractivity contribution is 5.92. The van der Waals surface area contributed by atoms with Gasteiger partial charge in [0.05, 0.1) is 0 Å². The molecule has 0 unspecified atom stereocenters. The average Bonchev–Trinajstić information content (AvgIpc) is 2.65. The van der Waals surface area contributed by atoms with Crippen LogP contribution in [0.25, 0.3) is 0 Å². The lowest BCUT2D eigenvalue weighted by molar-refractivity contribution is 0.0945. The van der Waals surface area contributed by atoms with Gasteiger partial charge >= 0.3 is 0 Å². The molecule has 3 rings (SSSR count). The fraction of sp³-hybridized carbons (Fsp3) is 0.190. The van der Waals surface area contributed by atoms with E-state index in [1.807, 2.05) is 37.3 Å². The van der Waals surface area contributed by atoms with E-state index in [4.69, 9.17) is 0 Å². The molecule has 0 spiro atoms. The van der Waals surface area contributed by atoms with Gasteiger partial charge in [0, 0.05) is 12.2 Å². The van der Waals surface area contributed by atoms with Crippen molar-refractivity contribution in [3.63, 3.8) is 0 Å². The van der Waals surface area contributed by atoms with E-state index in [1.165, 1.54) is 16.7 Å². The standard InChI is InChI=1S/C21H22N4O/c1-14-4-7-17(8-5-14)13-22-21(26)19-10-11-20(25-24-19)23-18-9-6-15(2)16(3)12-18/h4-12H,13H2,1-3H3,(H,22,26)(H,23,25). The number of aromatic nitrogens is 2. The molecule has 1 heterocycles. The number of hydrogen-bond donors (Lipinski definition) is 2. The van der Waals surface area contributed by atoms with Gasteiger partial charge in [0.25, 0.3) is 5.91 Å². The molecule has 5 nitrogen and oxygen atoms in total.